The molecule has 0 atom stereocenters. The van der Waals surface area contributed by atoms with Crippen LogP contribution in [0.4, 0.5) is 11.4 Å². The molecule has 0 saturated heterocycles. The number of rotatable bonds is 19. The van der Waals surface area contributed by atoms with Gasteiger partial charge in [-0.05, 0) is 98.5 Å². The number of hydrogen-bond acceptors (Lipinski definition) is 12. The second-order valence-electron chi connectivity index (χ2n) is 16.8. The van der Waals surface area contributed by atoms with Gasteiger partial charge in [0.05, 0.1) is 33.3 Å². The van der Waals surface area contributed by atoms with E-state index >= 15 is 0 Å². The van der Waals surface area contributed by atoms with Crippen LogP contribution in [0.3, 0.4) is 0 Å². The molecule has 5 rings (SSSR count). The van der Waals surface area contributed by atoms with Crippen LogP contribution >= 0.6 is 0 Å². The number of benzene rings is 3. The van der Waals surface area contributed by atoms with Crippen molar-refractivity contribution in [1.29, 1.82) is 0 Å². The van der Waals surface area contributed by atoms with Crippen LogP contribution in [0.15, 0.2) is 113 Å². The van der Waals surface area contributed by atoms with E-state index in [2.05, 4.69) is 11.9 Å². The number of esters is 1. The molecule has 0 spiro atoms. The Labute approximate surface area is 434 Å². The van der Waals surface area contributed by atoms with Gasteiger partial charge in [0, 0.05) is 58.6 Å². The zero-order chi connectivity index (χ0) is 49.2. The number of carbonyl (C=O) groups excluding carboxylic acids is 2. The van der Waals surface area contributed by atoms with Crippen molar-refractivity contribution in [3.63, 3.8) is 0 Å². The number of hydrogen-bond donors (Lipinski definition) is 5. The normalized spacial score (nSPS) is 16.5. The fourth-order valence-electron chi connectivity index (χ4n) is 7.86. The summed E-state index contributed by atoms with van der Waals surface area (Å²) in [6.45, 7) is 12.3. The van der Waals surface area contributed by atoms with Gasteiger partial charge < -0.3 is 15.0 Å². The van der Waals surface area contributed by atoms with E-state index in [1.807, 2.05) is 27.7 Å². The van der Waals surface area contributed by atoms with Crippen molar-refractivity contribution < 1.29 is 70.8 Å². The third kappa shape index (κ3) is 14.0. The Hall–Kier alpha value is -3.69. The molecule has 5 N–H and O–H groups in total. The number of fused-ring (bicyclic) bond motifs is 2. The summed E-state index contributed by atoms with van der Waals surface area (Å²) in [7, 11) is -17.9. The Kier molecular flexibility index (Phi) is 18.0. The van der Waals surface area contributed by atoms with Gasteiger partial charge in [-0.25, -0.2) is 4.79 Å². The van der Waals surface area contributed by atoms with Crippen LogP contribution in [-0.4, -0.2) is 163 Å². The van der Waals surface area contributed by atoms with Crippen LogP contribution in [0.1, 0.15) is 74.5 Å². The zero-order valence-electron chi connectivity index (χ0n) is 36.8. The summed E-state index contributed by atoms with van der Waals surface area (Å²) in [5.74, 6) is -2.20. The van der Waals surface area contributed by atoms with E-state index in [0.29, 0.717) is 45.0 Å². The summed E-state index contributed by atoms with van der Waals surface area (Å²) in [5, 5.41) is 2.68. The fourth-order valence-corrected chi connectivity index (χ4v) is 9.86. The topological polar surface area (TPSA) is 279 Å². The van der Waals surface area contributed by atoms with Gasteiger partial charge in [-0.15, -0.1) is 0 Å². The third-order valence-corrected chi connectivity index (χ3v) is 14.5. The van der Waals surface area contributed by atoms with Crippen molar-refractivity contribution in [2.45, 2.75) is 68.1 Å². The summed E-state index contributed by atoms with van der Waals surface area (Å²) in [6, 6.07) is 14.6. The summed E-state index contributed by atoms with van der Waals surface area (Å²) < 4.78 is 141. The third-order valence-electron chi connectivity index (χ3n) is 11.2. The van der Waals surface area contributed by atoms with Gasteiger partial charge >= 0.3 is 57.4 Å². The monoisotopic (exact) mass is 1030 g/mol. The Bertz CT molecular complexity index is 3050. The summed E-state index contributed by atoms with van der Waals surface area (Å²) in [6.07, 6.45) is 6.91. The molecule has 3 aromatic rings. The molecule has 0 fully saturated rings. The minimum absolute atomic E-state index is 0. The first-order valence-corrected chi connectivity index (χ1v) is 26.4. The molecule has 358 valence electrons. The molecular formula is C44H53KN3O15S4+. The number of allylic oxidation sites excluding steroid dienone is 6. The van der Waals surface area contributed by atoms with Crippen LogP contribution in [0.5, 0.6) is 0 Å². The molecule has 0 saturated carbocycles. The molecule has 0 aliphatic carbocycles. The van der Waals surface area contributed by atoms with Gasteiger partial charge in [-0.2, -0.15) is 38.2 Å². The first kappa shape index (κ1) is 55.9. The van der Waals surface area contributed by atoms with Crippen LogP contribution < -0.4 is 10.2 Å². The average Bonchev–Trinajstić information content (AvgIpc) is 3.55. The standard InChI is InChI=1S/C44H51N3O15S4.K.H/c1-29(2)42(49)62-24-21-45-41(48)32-11-9-30(10-12-32)31(13-19-39-43(3,4)35-27-33(65(56,57)58)15-17-37(35)46(39)22-7-25-63(50,51)52)14-20-40-44(5,6)36-28-34(66(59,60)61)16-18-38(36)47(40)23-8-26-64(53,54)55;;/h9-20,27-28H,1,7-8,21-26H2,2-6H3,(H4-,45,48,50,51,52,53,54,55,56,57,58,59,60,61);;/p+1. The van der Waals surface area contributed by atoms with Crippen LogP contribution in [0.25, 0.3) is 5.57 Å². The van der Waals surface area contributed by atoms with Crippen molar-refractivity contribution >= 4 is 126 Å². The van der Waals surface area contributed by atoms with Crippen molar-refractivity contribution in [3.8, 4) is 0 Å². The Morgan fingerprint density at radius 1 is 0.776 bits per heavy atom. The van der Waals surface area contributed by atoms with Crippen LogP contribution in [-0.2, 0) is 60.8 Å². The van der Waals surface area contributed by atoms with Gasteiger partial charge in [0.15, 0.2) is 5.71 Å². The van der Waals surface area contributed by atoms with Gasteiger partial charge in [0.25, 0.3) is 46.4 Å². The van der Waals surface area contributed by atoms with Crippen molar-refractivity contribution in [1.82, 2.24) is 5.32 Å². The predicted octanol–water partition coefficient (Wildman–Crippen LogP) is 4.63. The SMILES string of the molecule is C=C(C)C(=O)OCCNC(=O)c1ccc(C(=C\C=C2/N(CCCS(=O)(=O)O)c3ccc(S(=O)(=O)O)cc3C2(C)C)/C=C/C2=[N+](CCCS(=O)(=O)O)c3ccc(S(=O)(=O)O)cc3C2(C)C)cc1.[KH]. The van der Waals surface area contributed by atoms with E-state index in [1.165, 1.54) is 43.3 Å². The van der Waals surface area contributed by atoms with Gasteiger partial charge in [-0.1, -0.05) is 38.6 Å². The van der Waals surface area contributed by atoms with Crippen molar-refractivity contribution in [2.75, 3.05) is 42.6 Å². The Morgan fingerprint density at radius 3 is 1.90 bits per heavy atom. The van der Waals surface area contributed by atoms with E-state index in [0.717, 1.165) is 0 Å². The molecule has 1 amide bonds. The quantitative estimate of drug-likeness (QED) is 0.0208. The van der Waals surface area contributed by atoms with Crippen molar-refractivity contribution in [2.24, 2.45) is 0 Å². The molecule has 0 bridgehead atoms. The molecule has 2 aliphatic heterocycles. The Morgan fingerprint density at radius 2 is 1.33 bits per heavy atom. The number of ether oxygens (including phenoxy) is 1. The molecule has 0 radical (unpaired) electrons. The van der Waals surface area contributed by atoms with E-state index < -0.39 is 74.7 Å². The number of nitrogens with one attached hydrogen (secondary N) is 1. The number of carbonyl (C=O) groups is 2. The van der Waals surface area contributed by atoms with Crippen LogP contribution in [0, 0.1) is 0 Å². The van der Waals surface area contributed by atoms with Crippen LogP contribution in [0.2, 0.25) is 0 Å². The second-order valence-corrected chi connectivity index (χ2v) is 22.8. The average molecular weight is 1030 g/mol. The summed E-state index contributed by atoms with van der Waals surface area (Å²) in [5.41, 5.74) is 2.81. The van der Waals surface area contributed by atoms with Gasteiger partial charge in [0.1, 0.15) is 13.2 Å². The molecule has 0 unspecified atom stereocenters. The maximum atomic E-state index is 13.1. The maximum absolute atomic E-state index is 13.1. The first-order chi connectivity index (χ1) is 30.4. The van der Waals surface area contributed by atoms with E-state index in [1.54, 1.807) is 58.0 Å². The molecule has 23 heteroatoms. The Balaban J connectivity index is 0.00000980. The summed E-state index contributed by atoms with van der Waals surface area (Å²) >= 11 is 0. The fraction of sp³-hybridized carbons (Fsp3) is 0.341. The zero-order valence-corrected chi connectivity index (χ0v) is 40.0. The van der Waals surface area contributed by atoms with Crippen molar-refractivity contribution in [3.05, 3.63) is 125 Å². The number of anilines is 1. The minimum atomic E-state index is -4.62. The molecule has 0 aromatic heterocycles. The van der Waals surface area contributed by atoms with E-state index in [4.69, 9.17) is 4.74 Å². The first-order valence-electron chi connectivity index (χ1n) is 20.3. The summed E-state index contributed by atoms with van der Waals surface area (Å²) in [4.78, 5) is 25.9. The molecular weight excluding hydrogens is 978 g/mol. The van der Waals surface area contributed by atoms with Gasteiger partial charge in [-0.3, -0.25) is 23.0 Å². The molecule has 3 aromatic carbocycles. The molecule has 2 aliphatic rings. The number of nitrogens with zero attached hydrogens (tertiary/aromatic N) is 2. The van der Waals surface area contributed by atoms with E-state index in [-0.39, 0.29) is 111 Å². The molecule has 18 nitrogen and oxygen atoms in total. The molecule has 2 heterocycles. The second kappa shape index (κ2) is 21.5. The predicted molar refractivity (Wildman–Crippen MR) is 255 cm³/mol. The van der Waals surface area contributed by atoms with E-state index in [9.17, 15) is 61.5 Å². The number of amides is 1. The van der Waals surface area contributed by atoms with Gasteiger partial charge in [0.2, 0.25) is 5.69 Å². The molecule has 67 heavy (non-hydrogen) atoms.